The van der Waals surface area contributed by atoms with E-state index in [1.807, 2.05) is 62.4 Å². The van der Waals surface area contributed by atoms with Gasteiger partial charge in [-0.15, -0.1) is 0 Å². The minimum atomic E-state index is -0.234. The number of nitrogens with one attached hydrogen (secondary N) is 1. The second kappa shape index (κ2) is 7.24. The normalized spacial score (nSPS) is 10.6. The highest BCUT2D eigenvalue weighted by molar-refractivity contribution is 5.91. The third-order valence-electron chi connectivity index (χ3n) is 2.95. The summed E-state index contributed by atoms with van der Waals surface area (Å²) in [6.07, 6.45) is 1.61. The van der Waals surface area contributed by atoms with Crippen molar-refractivity contribution in [2.45, 2.75) is 13.8 Å². The van der Waals surface area contributed by atoms with E-state index in [0.717, 1.165) is 22.4 Å². The molecule has 1 N–H and O–H groups in total. The summed E-state index contributed by atoms with van der Waals surface area (Å²) in [5.74, 6) is -0.234. The molecule has 1 amide bonds. The average Bonchev–Trinajstić information content (AvgIpc) is 2.45. The number of oxime groups is 1. The molecule has 0 unspecified atom stereocenters. The molecule has 0 aliphatic rings. The molecule has 2 aromatic rings. The maximum absolute atomic E-state index is 11.7. The van der Waals surface area contributed by atoms with Crippen LogP contribution in [0, 0.1) is 13.8 Å². The Bertz CT molecular complexity index is 651. The van der Waals surface area contributed by atoms with Crippen LogP contribution < -0.4 is 5.32 Å². The summed E-state index contributed by atoms with van der Waals surface area (Å²) in [5, 5.41) is 6.57. The van der Waals surface area contributed by atoms with Crippen LogP contribution in [0.5, 0.6) is 0 Å². The lowest BCUT2D eigenvalue weighted by Gasteiger charge is -2.05. The van der Waals surface area contributed by atoms with Crippen molar-refractivity contribution in [3.63, 3.8) is 0 Å². The number of carbonyl (C=O) groups excluding carboxylic acids is 1. The van der Waals surface area contributed by atoms with Crippen molar-refractivity contribution in [3.05, 3.63) is 65.2 Å². The van der Waals surface area contributed by atoms with Crippen LogP contribution in [0.15, 0.2) is 53.7 Å². The first-order valence-electron chi connectivity index (χ1n) is 6.72. The lowest BCUT2D eigenvalue weighted by atomic mass is 10.1. The minimum Gasteiger partial charge on any atom is -0.386 e. The molecule has 4 nitrogen and oxygen atoms in total. The highest BCUT2D eigenvalue weighted by Gasteiger charge is 2.02. The van der Waals surface area contributed by atoms with E-state index in [-0.39, 0.29) is 12.5 Å². The van der Waals surface area contributed by atoms with E-state index in [9.17, 15) is 4.79 Å². The summed E-state index contributed by atoms with van der Waals surface area (Å²) >= 11 is 0. The van der Waals surface area contributed by atoms with E-state index >= 15 is 0 Å². The van der Waals surface area contributed by atoms with Gasteiger partial charge < -0.3 is 10.2 Å². The Morgan fingerprint density at radius 3 is 2.76 bits per heavy atom. The van der Waals surface area contributed by atoms with Crippen LogP contribution in [0.2, 0.25) is 0 Å². The molecular formula is C17H18N2O2. The van der Waals surface area contributed by atoms with Gasteiger partial charge in [0.25, 0.3) is 5.91 Å². The predicted molar refractivity (Wildman–Crippen MR) is 84.5 cm³/mol. The van der Waals surface area contributed by atoms with Gasteiger partial charge in [0.2, 0.25) is 0 Å². The first kappa shape index (κ1) is 14.8. The molecule has 0 aliphatic heterocycles. The molecule has 0 aromatic heterocycles. The van der Waals surface area contributed by atoms with Crippen molar-refractivity contribution < 1.29 is 9.63 Å². The zero-order valence-corrected chi connectivity index (χ0v) is 12.2. The zero-order chi connectivity index (χ0) is 15.1. The summed E-state index contributed by atoms with van der Waals surface area (Å²) < 4.78 is 0. The molecule has 0 bridgehead atoms. The Morgan fingerprint density at radius 1 is 1.19 bits per heavy atom. The lowest BCUT2D eigenvalue weighted by Crippen LogP contribution is -2.17. The SMILES string of the molecule is Cc1cccc(NC(=O)CO/N=C\c2ccccc2C)c1. The maximum Gasteiger partial charge on any atom is 0.265 e. The summed E-state index contributed by atoms with van der Waals surface area (Å²) in [6, 6.07) is 15.4. The smallest absolute Gasteiger partial charge is 0.265 e. The van der Waals surface area contributed by atoms with Crippen LogP contribution in [0.4, 0.5) is 5.69 Å². The largest absolute Gasteiger partial charge is 0.386 e. The van der Waals surface area contributed by atoms with Crippen LogP contribution in [0.25, 0.3) is 0 Å². The topological polar surface area (TPSA) is 50.7 Å². The third kappa shape index (κ3) is 4.76. The van der Waals surface area contributed by atoms with Crippen LogP contribution in [0.3, 0.4) is 0 Å². The van der Waals surface area contributed by atoms with E-state index in [1.165, 1.54) is 0 Å². The van der Waals surface area contributed by atoms with Gasteiger partial charge >= 0.3 is 0 Å². The molecule has 0 spiro atoms. The Morgan fingerprint density at radius 2 is 2.00 bits per heavy atom. The molecule has 2 aromatic carbocycles. The van der Waals surface area contributed by atoms with E-state index in [0.29, 0.717) is 0 Å². The number of nitrogens with zero attached hydrogens (tertiary/aromatic N) is 1. The molecule has 0 fully saturated rings. The van der Waals surface area contributed by atoms with E-state index in [4.69, 9.17) is 4.84 Å². The standard InChI is InChI=1S/C17H18N2O2/c1-13-6-5-9-16(10-13)19-17(20)12-21-18-11-15-8-4-3-7-14(15)2/h3-11H,12H2,1-2H3,(H,19,20)/b18-11-. The number of amides is 1. The molecule has 0 aliphatic carbocycles. The first-order valence-corrected chi connectivity index (χ1v) is 6.72. The van der Waals surface area contributed by atoms with Crippen molar-refractivity contribution in [2.75, 3.05) is 11.9 Å². The number of hydrogen-bond acceptors (Lipinski definition) is 3. The van der Waals surface area contributed by atoms with Gasteiger partial charge in [0.15, 0.2) is 6.61 Å². The Labute approximate surface area is 124 Å². The third-order valence-corrected chi connectivity index (χ3v) is 2.95. The molecule has 2 rings (SSSR count). The van der Waals surface area contributed by atoms with Crippen LogP contribution in [-0.4, -0.2) is 18.7 Å². The molecule has 0 heterocycles. The van der Waals surface area contributed by atoms with Gasteiger partial charge in [0.1, 0.15) is 0 Å². The van der Waals surface area contributed by atoms with Gasteiger partial charge in [-0.1, -0.05) is 41.6 Å². The fourth-order valence-electron chi connectivity index (χ4n) is 1.84. The van der Waals surface area contributed by atoms with Gasteiger partial charge in [0.05, 0.1) is 6.21 Å². The first-order chi connectivity index (χ1) is 10.1. The number of carbonyl (C=O) groups is 1. The minimum absolute atomic E-state index is 0.115. The monoisotopic (exact) mass is 282 g/mol. The summed E-state index contributed by atoms with van der Waals surface area (Å²) in [4.78, 5) is 16.7. The van der Waals surface area contributed by atoms with Crippen LogP contribution in [-0.2, 0) is 9.63 Å². The van der Waals surface area contributed by atoms with Crippen molar-refractivity contribution in [1.29, 1.82) is 0 Å². The molecule has 4 heteroatoms. The highest BCUT2D eigenvalue weighted by Crippen LogP contribution is 2.09. The maximum atomic E-state index is 11.7. The lowest BCUT2D eigenvalue weighted by molar-refractivity contribution is -0.120. The van der Waals surface area contributed by atoms with Crippen molar-refractivity contribution in [2.24, 2.45) is 5.16 Å². The number of aryl methyl sites for hydroxylation is 2. The second-order valence-electron chi connectivity index (χ2n) is 4.78. The molecule has 0 saturated heterocycles. The van der Waals surface area contributed by atoms with Gasteiger partial charge in [-0.3, -0.25) is 4.79 Å². The van der Waals surface area contributed by atoms with Gasteiger partial charge in [-0.25, -0.2) is 0 Å². The molecule has 0 atom stereocenters. The number of benzene rings is 2. The summed E-state index contributed by atoms with van der Waals surface area (Å²) in [5.41, 5.74) is 3.92. The molecule has 21 heavy (non-hydrogen) atoms. The van der Waals surface area contributed by atoms with Gasteiger partial charge in [-0.2, -0.15) is 0 Å². The highest BCUT2D eigenvalue weighted by atomic mass is 16.6. The Kier molecular flexibility index (Phi) is 5.10. The number of anilines is 1. The molecular weight excluding hydrogens is 264 g/mol. The average molecular weight is 282 g/mol. The quantitative estimate of drug-likeness (QED) is 0.675. The fourth-order valence-corrected chi connectivity index (χ4v) is 1.84. The molecule has 108 valence electrons. The summed E-state index contributed by atoms with van der Waals surface area (Å²) in [7, 11) is 0. The van der Waals surface area contributed by atoms with Gasteiger partial charge in [0, 0.05) is 5.69 Å². The second-order valence-corrected chi connectivity index (χ2v) is 4.78. The van der Waals surface area contributed by atoms with Crippen molar-refractivity contribution in [1.82, 2.24) is 0 Å². The number of hydrogen-bond donors (Lipinski definition) is 1. The van der Waals surface area contributed by atoms with Gasteiger partial charge in [-0.05, 0) is 42.7 Å². The predicted octanol–water partition coefficient (Wildman–Crippen LogP) is 3.29. The van der Waals surface area contributed by atoms with E-state index in [2.05, 4.69) is 10.5 Å². The van der Waals surface area contributed by atoms with Crippen molar-refractivity contribution in [3.8, 4) is 0 Å². The zero-order valence-electron chi connectivity index (χ0n) is 12.2. The van der Waals surface area contributed by atoms with E-state index < -0.39 is 0 Å². The fraction of sp³-hybridized carbons (Fsp3) is 0.176. The van der Waals surface area contributed by atoms with Crippen LogP contribution >= 0.6 is 0 Å². The summed E-state index contributed by atoms with van der Waals surface area (Å²) in [6.45, 7) is 3.85. The Hall–Kier alpha value is -2.62. The molecule has 0 saturated carbocycles. The van der Waals surface area contributed by atoms with Crippen LogP contribution in [0.1, 0.15) is 16.7 Å². The van der Waals surface area contributed by atoms with E-state index in [1.54, 1.807) is 6.21 Å². The van der Waals surface area contributed by atoms with Crippen molar-refractivity contribution >= 4 is 17.8 Å². The number of rotatable bonds is 5. The molecule has 0 radical (unpaired) electrons. The Balaban J connectivity index is 1.81.